The van der Waals surface area contributed by atoms with Gasteiger partial charge in [0.15, 0.2) is 11.9 Å². The minimum Gasteiger partial charge on any atom is -0.303 e. The first kappa shape index (κ1) is 12.0. The van der Waals surface area contributed by atoms with E-state index in [-0.39, 0.29) is 4.88 Å². The van der Waals surface area contributed by atoms with Crippen LogP contribution in [0.4, 0.5) is 4.39 Å². The molecule has 0 atom stereocenters. The van der Waals surface area contributed by atoms with Crippen molar-refractivity contribution in [3.05, 3.63) is 40.5 Å². The molecule has 0 saturated heterocycles. The number of aldehydes is 1. The topological polar surface area (TPSA) is 47.3 Å². The molecule has 0 fully saturated rings. The molecule has 0 spiro atoms. The second-order valence-electron chi connectivity index (χ2n) is 4.27. The van der Waals surface area contributed by atoms with Gasteiger partial charge in [-0.1, -0.05) is 0 Å². The molecule has 0 aliphatic rings. The summed E-state index contributed by atoms with van der Waals surface area (Å²) in [6.45, 7) is 3.78. The minimum atomic E-state index is -0.502. The van der Waals surface area contributed by atoms with Crippen molar-refractivity contribution in [2.24, 2.45) is 0 Å². The minimum absolute atomic E-state index is 0.0954. The Morgan fingerprint density at radius 1 is 1.32 bits per heavy atom. The van der Waals surface area contributed by atoms with Crippen LogP contribution in [0.5, 0.6) is 0 Å². The Labute approximate surface area is 112 Å². The molecule has 0 radical (unpaired) electrons. The number of aryl methyl sites for hydroxylation is 2. The summed E-state index contributed by atoms with van der Waals surface area (Å²) in [5.74, 6) is -0.502. The lowest BCUT2D eigenvalue weighted by Crippen LogP contribution is -1.93. The third-order valence-corrected chi connectivity index (χ3v) is 3.86. The average Bonchev–Trinajstić information content (AvgIpc) is 2.92. The first-order chi connectivity index (χ1) is 9.08. The molecule has 3 aromatic rings. The van der Waals surface area contributed by atoms with Gasteiger partial charge in [-0.15, -0.1) is 11.3 Å². The highest BCUT2D eigenvalue weighted by molar-refractivity contribution is 7.17. The van der Waals surface area contributed by atoms with Crippen LogP contribution in [-0.4, -0.2) is 20.7 Å². The largest absolute Gasteiger partial charge is 0.303 e. The molecule has 3 aromatic heterocycles. The van der Waals surface area contributed by atoms with Crippen molar-refractivity contribution in [3.8, 4) is 10.6 Å². The number of carbonyl (C=O) groups excluding carboxylic acids is 1. The summed E-state index contributed by atoms with van der Waals surface area (Å²) >= 11 is 1.10. The fraction of sp³-hybridized carbons (Fsp3) is 0.154. The highest BCUT2D eigenvalue weighted by Gasteiger charge is 2.13. The van der Waals surface area contributed by atoms with Crippen molar-refractivity contribution >= 4 is 23.3 Å². The molecule has 0 aliphatic heterocycles. The zero-order valence-corrected chi connectivity index (χ0v) is 11.2. The van der Waals surface area contributed by atoms with Crippen LogP contribution in [0.15, 0.2) is 18.5 Å². The highest BCUT2D eigenvalue weighted by atomic mass is 32.1. The van der Waals surface area contributed by atoms with E-state index in [1.54, 1.807) is 0 Å². The van der Waals surface area contributed by atoms with Gasteiger partial charge in [-0.2, -0.15) is 0 Å². The Kier molecular flexibility index (Phi) is 2.67. The number of hydrogen-bond donors (Lipinski definition) is 0. The number of fused-ring (bicyclic) bond motifs is 1. The van der Waals surface area contributed by atoms with Crippen LogP contribution in [0.25, 0.3) is 16.2 Å². The molecule has 96 valence electrons. The monoisotopic (exact) mass is 275 g/mol. The average molecular weight is 275 g/mol. The van der Waals surface area contributed by atoms with Gasteiger partial charge < -0.3 is 4.40 Å². The second kappa shape index (κ2) is 4.24. The lowest BCUT2D eigenvalue weighted by Gasteiger charge is -1.98. The van der Waals surface area contributed by atoms with Crippen molar-refractivity contribution in [2.75, 3.05) is 0 Å². The quantitative estimate of drug-likeness (QED) is 0.675. The summed E-state index contributed by atoms with van der Waals surface area (Å²) in [4.78, 5) is 20.2. The van der Waals surface area contributed by atoms with E-state index in [9.17, 15) is 9.18 Å². The SMILES string of the molecule is Cc1cn2cc(-c3cc(F)c(C=O)s3)nc2c(C)n1. The molecule has 19 heavy (non-hydrogen) atoms. The van der Waals surface area contributed by atoms with Gasteiger partial charge >= 0.3 is 0 Å². The molecule has 3 heterocycles. The van der Waals surface area contributed by atoms with Crippen molar-refractivity contribution < 1.29 is 9.18 Å². The molecule has 0 aromatic carbocycles. The van der Waals surface area contributed by atoms with E-state index < -0.39 is 5.82 Å². The van der Waals surface area contributed by atoms with Gasteiger partial charge in [0.05, 0.1) is 22.0 Å². The Morgan fingerprint density at radius 3 is 2.79 bits per heavy atom. The lowest BCUT2D eigenvalue weighted by molar-refractivity contribution is 0.112. The number of thiophene rings is 1. The van der Waals surface area contributed by atoms with Gasteiger partial charge in [0.25, 0.3) is 0 Å². The van der Waals surface area contributed by atoms with Gasteiger partial charge in [-0.3, -0.25) is 9.78 Å². The zero-order chi connectivity index (χ0) is 13.6. The summed E-state index contributed by atoms with van der Waals surface area (Å²) < 4.78 is 15.3. The van der Waals surface area contributed by atoms with Gasteiger partial charge in [0, 0.05) is 12.4 Å². The predicted octanol–water partition coefficient (Wildman–Crippen LogP) is 3.03. The maximum atomic E-state index is 13.4. The van der Waals surface area contributed by atoms with Crippen LogP contribution >= 0.6 is 11.3 Å². The molecule has 0 unspecified atom stereocenters. The van der Waals surface area contributed by atoms with Crippen LogP contribution in [0.1, 0.15) is 21.1 Å². The van der Waals surface area contributed by atoms with E-state index in [0.29, 0.717) is 16.9 Å². The molecule has 0 aliphatic carbocycles. The fourth-order valence-corrected chi connectivity index (χ4v) is 2.82. The predicted molar refractivity (Wildman–Crippen MR) is 71.1 cm³/mol. The maximum absolute atomic E-state index is 13.4. The molecule has 0 N–H and O–H groups in total. The van der Waals surface area contributed by atoms with E-state index in [0.717, 1.165) is 28.4 Å². The normalized spacial score (nSPS) is 11.1. The molecule has 0 amide bonds. The first-order valence-corrected chi connectivity index (χ1v) is 6.48. The number of imidazole rings is 1. The lowest BCUT2D eigenvalue weighted by atomic mass is 10.3. The summed E-state index contributed by atoms with van der Waals surface area (Å²) in [5, 5.41) is 0. The number of rotatable bonds is 2. The number of halogens is 1. The summed E-state index contributed by atoms with van der Waals surface area (Å²) in [5.41, 5.74) is 3.09. The van der Waals surface area contributed by atoms with Crippen molar-refractivity contribution in [1.82, 2.24) is 14.4 Å². The number of carbonyl (C=O) groups is 1. The summed E-state index contributed by atoms with van der Waals surface area (Å²) in [7, 11) is 0. The van der Waals surface area contributed by atoms with Gasteiger partial charge in [-0.05, 0) is 19.9 Å². The Hall–Kier alpha value is -2.08. The third kappa shape index (κ3) is 1.94. The van der Waals surface area contributed by atoms with E-state index in [2.05, 4.69) is 9.97 Å². The van der Waals surface area contributed by atoms with E-state index in [4.69, 9.17) is 0 Å². The zero-order valence-electron chi connectivity index (χ0n) is 10.3. The molecule has 6 heteroatoms. The van der Waals surface area contributed by atoms with E-state index in [1.165, 1.54) is 6.07 Å². The molecule has 0 saturated carbocycles. The highest BCUT2D eigenvalue weighted by Crippen LogP contribution is 2.29. The third-order valence-electron chi connectivity index (χ3n) is 2.80. The molecule has 0 bridgehead atoms. The Bertz CT molecular complexity index is 791. The van der Waals surface area contributed by atoms with Crippen LogP contribution in [0, 0.1) is 19.7 Å². The van der Waals surface area contributed by atoms with Crippen LogP contribution < -0.4 is 0 Å². The van der Waals surface area contributed by atoms with Gasteiger partial charge in [-0.25, -0.2) is 9.37 Å². The van der Waals surface area contributed by atoms with Crippen molar-refractivity contribution in [1.29, 1.82) is 0 Å². The summed E-state index contributed by atoms with van der Waals surface area (Å²) in [6.07, 6.45) is 4.20. The van der Waals surface area contributed by atoms with Gasteiger partial charge in [0.2, 0.25) is 0 Å². The van der Waals surface area contributed by atoms with E-state index in [1.807, 2.05) is 30.6 Å². The molecular formula is C13H10FN3OS. The van der Waals surface area contributed by atoms with Crippen molar-refractivity contribution in [3.63, 3.8) is 0 Å². The second-order valence-corrected chi connectivity index (χ2v) is 5.35. The summed E-state index contributed by atoms with van der Waals surface area (Å²) in [6, 6.07) is 1.34. The molecular weight excluding hydrogens is 265 g/mol. The van der Waals surface area contributed by atoms with Crippen LogP contribution in [-0.2, 0) is 0 Å². The molecule has 3 rings (SSSR count). The fourth-order valence-electron chi connectivity index (χ4n) is 2.01. The Morgan fingerprint density at radius 2 is 2.11 bits per heavy atom. The standard InChI is InChI=1S/C13H10FN3OS/c1-7-4-17-5-10(16-13(17)8(2)15-7)11-3-9(14)12(6-18)19-11/h3-6H,1-2H3. The number of aromatic nitrogens is 3. The number of hydrogen-bond acceptors (Lipinski definition) is 4. The maximum Gasteiger partial charge on any atom is 0.163 e. The Balaban J connectivity index is 2.20. The van der Waals surface area contributed by atoms with Crippen LogP contribution in [0.2, 0.25) is 0 Å². The number of nitrogens with zero attached hydrogens (tertiary/aromatic N) is 3. The molecule has 4 nitrogen and oxygen atoms in total. The van der Waals surface area contributed by atoms with Crippen molar-refractivity contribution in [2.45, 2.75) is 13.8 Å². The van der Waals surface area contributed by atoms with E-state index >= 15 is 0 Å². The van der Waals surface area contributed by atoms with Crippen LogP contribution in [0.3, 0.4) is 0 Å². The first-order valence-electron chi connectivity index (χ1n) is 5.66. The van der Waals surface area contributed by atoms with Gasteiger partial charge in [0.1, 0.15) is 10.7 Å². The smallest absolute Gasteiger partial charge is 0.163 e.